The van der Waals surface area contributed by atoms with Crippen LogP contribution in [0.3, 0.4) is 0 Å². The first kappa shape index (κ1) is 17.7. The van der Waals surface area contributed by atoms with Crippen LogP contribution < -0.4 is 5.32 Å². The number of hydrogen-bond donors (Lipinski definition) is 1. The van der Waals surface area contributed by atoms with Gasteiger partial charge >= 0.3 is 0 Å². The number of thioether (sulfide) groups is 1. The molecule has 2 saturated heterocycles. The normalized spacial score (nSPS) is 23.7. The van der Waals surface area contributed by atoms with Crippen LogP contribution in [0.5, 0.6) is 0 Å². The molecule has 3 nitrogen and oxygen atoms in total. The van der Waals surface area contributed by atoms with E-state index in [0.717, 1.165) is 25.7 Å². The van der Waals surface area contributed by atoms with Gasteiger partial charge in [-0.2, -0.15) is 0 Å². The SMILES string of the molecule is CC(C)Sc1cc(Br)ccc1CN1CCC(N2CCNCC2)C1. The van der Waals surface area contributed by atoms with Crippen LogP contribution in [0.4, 0.5) is 0 Å². The lowest BCUT2D eigenvalue weighted by molar-refractivity contribution is 0.170. The molecule has 0 spiro atoms. The van der Waals surface area contributed by atoms with Crippen LogP contribution in [-0.4, -0.2) is 60.4 Å². The Morgan fingerprint density at radius 2 is 2.04 bits per heavy atom. The molecule has 5 heteroatoms. The maximum Gasteiger partial charge on any atom is 0.0245 e. The van der Waals surface area contributed by atoms with E-state index in [1.54, 1.807) is 0 Å². The van der Waals surface area contributed by atoms with Gasteiger partial charge in [0.15, 0.2) is 0 Å². The van der Waals surface area contributed by atoms with Gasteiger partial charge in [0.1, 0.15) is 0 Å². The quantitative estimate of drug-likeness (QED) is 0.766. The Morgan fingerprint density at radius 1 is 1.26 bits per heavy atom. The Morgan fingerprint density at radius 3 is 2.78 bits per heavy atom. The summed E-state index contributed by atoms with van der Waals surface area (Å²) in [7, 11) is 0. The Kier molecular flexibility index (Phi) is 6.44. The minimum Gasteiger partial charge on any atom is -0.314 e. The number of likely N-dealkylation sites (tertiary alicyclic amines) is 1. The first-order valence-electron chi connectivity index (χ1n) is 8.74. The summed E-state index contributed by atoms with van der Waals surface area (Å²) < 4.78 is 1.18. The van der Waals surface area contributed by atoms with Crippen molar-refractivity contribution in [3.05, 3.63) is 28.2 Å². The molecule has 2 heterocycles. The molecular weight excluding hydrogens is 370 g/mol. The molecule has 0 radical (unpaired) electrons. The molecule has 2 aliphatic rings. The lowest BCUT2D eigenvalue weighted by atomic mass is 10.2. The molecule has 0 aromatic heterocycles. The number of benzene rings is 1. The monoisotopic (exact) mass is 397 g/mol. The molecule has 1 atom stereocenters. The molecular formula is C18H28BrN3S. The lowest BCUT2D eigenvalue weighted by Gasteiger charge is -2.32. The molecule has 2 aliphatic heterocycles. The average Bonchev–Trinajstić information content (AvgIpc) is 2.99. The van der Waals surface area contributed by atoms with E-state index in [0.29, 0.717) is 5.25 Å². The van der Waals surface area contributed by atoms with E-state index in [1.807, 2.05) is 11.8 Å². The fourth-order valence-electron chi connectivity index (χ4n) is 3.56. The van der Waals surface area contributed by atoms with Crippen molar-refractivity contribution in [3.63, 3.8) is 0 Å². The number of halogens is 1. The van der Waals surface area contributed by atoms with E-state index in [4.69, 9.17) is 0 Å². The highest BCUT2D eigenvalue weighted by molar-refractivity contribution is 9.10. The second-order valence-corrected chi connectivity index (χ2v) is 9.42. The van der Waals surface area contributed by atoms with Crippen molar-refractivity contribution in [2.75, 3.05) is 39.3 Å². The standard InChI is InChI=1S/C18H28BrN3S/c1-14(2)23-18-11-16(19)4-3-15(18)12-21-8-5-17(13-21)22-9-6-20-7-10-22/h3-4,11,14,17,20H,5-10,12-13H2,1-2H3. The molecule has 2 fully saturated rings. The van der Waals surface area contributed by atoms with Crippen LogP contribution in [0.1, 0.15) is 25.8 Å². The van der Waals surface area contributed by atoms with Gasteiger partial charge in [0.05, 0.1) is 0 Å². The minimum absolute atomic E-state index is 0.621. The molecule has 0 bridgehead atoms. The van der Waals surface area contributed by atoms with Gasteiger partial charge in [0.2, 0.25) is 0 Å². The predicted octanol–water partition coefficient (Wildman–Crippen LogP) is 3.43. The number of nitrogens with one attached hydrogen (secondary N) is 1. The van der Waals surface area contributed by atoms with Gasteiger partial charge in [-0.1, -0.05) is 35.8 Å². The lowest BCUT2D eigenvalue weighted by Crippen LogP contribution is -2.49. The molecule has 128 valence electrons. The van der Waals surface area contributed by atoms with Crippen molar-refractivity contribution in [2.24, 2.45) is 0 Å². The summed E-state index contributed by atoms with van der Waals surface area (Å²) in [6, 6.07) is 7.52. The summed E-state index contributed by atoms with van der Waals surface area (Å²) in [5.41, 5.74) is 1.48. The third-order valence-corrected chi connectivity index (χ3v) is 6.30. The van der Waals surface area contributed by atoms with Crippen LogP contribution >= 0.6 is 27.7 Å². The summed E-state index contributed by atoms with van der Waals surface area (Å²) in [6.07, 6.45) is 1.32. The van der Waals surface area contributed by atoms with Crippen LogP contribution in [0, 0.1) is 0 Å². The highest BCUT2D eigenvalue weighted by Gasteiger charge is 2.28. The largest absolute Gasteiger partial charge is 0.314 e. The molecule has 0 amide bonds. The zero-order chi connectivity index (χ0) is 16.2. The average molecular weight is 398 g/mol. The van der Waals surface area contributed by atoms with Gasteiger partial charge in [-0.15, -0.1) is 11.8 Å². The van der Waals surface area contributed by atoms with Crippen LogP contribution in [0.2, 0.25) is 0 Å². The van der Waals surface area contributed by atoms with E-state index >= 15 is 0 Å². The fourth-order valence-corrected chi connectivity index (χ4v) is 5.06. The highest BCUT2D eigenvalue weighted by atomic mass is 79.9. The fraction of sp³-hybridized carbons (Fsp3) is 0.667. The van der Waals surface area contributed by atoms with E-state index in [-0.39, 0.29) is 0 Å². The van der Waals surface area contributed by atoms with Gasteiger partial charge in [0.25, 0.3) is 0 Å². The summed E-state index contributed by atoms with van der Waals surface area (Å²) in [4.78, 5) is 6.75. The third-order valence-electron chi connectivity index (χ3n) is 4.70. The van der Waals surface area contributed by atoms with E-state index in [9.17, 15) is 0 Å². The molecule has 3 rings (SSSR count). The second kappa shape index (κ2) is 8.34. The maximum atomic E-state index is 3.62. The van der Waals surface area contributed by atoms with E-state index < -0.39 is 0 Å². The van der Waals surface area contributed by atoms with Crippen LogP contribution in [-0.2, 0) is 6.54 Å². The number of piperazine rings is 1. The van der Waals surface area contributed by atoms with Crippen LogP contribution in [0.15, 0.2) is 27.6 Å². The van der Waals surface area contributed by atoms with Gasteiger partial charge in [0, 0.05) is 66.5 Å². The summed E-state index contributed by atoms with van der Waals surface area (Å²) in [5.74, 6) is 0. The first-order chi connectivity index (χ1) is 11.1. The Hall–Kier alpha value is -0.0700. The third kappa shape index (κ3) is 4.95. The van der Waals surface area contributed by atoms with Gasteiger partial charge in [-0.05, 0) is 24.1 Å². The van der Waals surface area contributed by atoms with Crippen molar-refractivity contribution >= 4 is 27.7 Å². The molecule has 1 unspecified atom stereocenters. The Labute approximate surface area is 153 Å². The van der Waals surface area contributed by atoms with Gasteiger partial charge in [-0.3, -0.25) is 9.80 Å². The number of nitrogens with zero attached hydrogens (tertiary/aromatic N) is 2. The summed E-state index contributed by atoms with van der Waals surface area (Å²) in [5, 5.41) is 4.08. The molecule has 1 aromatic rings. The van der Waals surface area contributed by atoms with Crippen molar-refractivity contribution in [1.82, 2.24) is 15.1 Å². The molecule has 1 aromatic carbocycles. The molecule has 1 N–H and O–H groups in total. The number of rotatable bonds is 5. The van der Waals surface area contributed by atoms with E-state index in [2.05, 4.69) is 63.1 Å². The topological polar surface area (TPSA) is 18.5 Å². The van der Waals surface area contributed by atoms with Crippen molar-refractivity contribution in [3.8, 4) is 0 Å². The zero-order valence-electron chi connectivity index (χ0n) is 14.2. The second-order valence-electron chi connectivity index (χ2n) is 6.88. The van der Waals surface area contributed by atoms with Crippen LogP contribution in [0.25, 0.3) is 0 Å². The minimum atomic E-state index is 0.621. The van der Waals surface area contributed by atoms with E-state index in [1.165, 1.54) is 47.5 Å². The maximum absolute atomic E-state index is 3.62. The smallest absolute Gasteiger partial charge is 0.0245 e. The van der Waals surface area contributed by atoms with Gasteiger partial charge < -0.3 is 5.32 Å². The zero-order valence-corrected chi connectivity index (χ0v) is 16.6. The van der Waals surface area contributed by atoms with Crippen molar-refractivity contribution < 1.29 is 0 Å². The summed E-state index contributed by atoms with van der Waals surface area (Å²) in [6.45, 7) is 12.8. The Bertz CT molecular complexity index is 517. The molecule has 0 saturated carbocycles. The predicted molar refractivity (Wildman–Crippen MR) is 103 cm³/mol. The Balaban J connectivity index is 1.61. The number of hydrogen-bond acceptors (Lipinski definition) is 4. The molecule has 23 heavy (non-hydrogen) atoms. The van der Waals surface area contributed by atoms with Gasteiger partial charge in [-0.25, -0.2) is 0 Å². The molecule has 0 aliphatic carbocycles. The van der Waals surface area contributed by atoms with Crippen molar-refractivity contribution in [2.45, 2.75) is 43.0 Å². The summed E-state index contributed by atoms with van der Waals surface area (Å²) >= 11 is 5.60. The first-order valence-corrected chi connectivity index (χ1v) is 10.4. The highest BCUT2D eigenvalue weighted by Crippen LogP contribution is 2.31. The van der Waals surface area contributed by atoms with Crippen molar-refractivity contribution in [1.29, 1.82) is 0 Å².